The molecular formula is C13H14FNO4. The molecule has 1 aromatic rings. The van der Waals surface area contributed by atoms with Gasteiger partial charge in [-0.15, -0.1) is 0 Å². The maximum Gasteiger partial charge on any atom is 0.326 e. The van der Waals surface area contributed by atoms with Crippen molar-refractivity contribution in [1.82, 2.24) is 4.90 Å². The van der Waals surface area contributed by atoms with Crippen LogP contribution in [0.1, 0.15) is 12.0 Å². The monoisotopic (exact) mass is 267 g/mol. The lowest BCUT2D eigenvalue weighted by Gasteiger charge is -2.21. The van der Waals surface area contributed by atoms with Crippen molar-refractivity contribution in [3.05, 3.63) is 35.6 Å². The molecule has 0 spiro atoms. The molecule has 102 valence electrons. The van der Waals surface area contributed by atoms with Crippen LogP contribution >= 0.6 is 0 Å². The molecule has 0 aromatic heterocycles. The smallest absolute Gasteiger partial charge is 0.326 e. The Morgan fingerprint density at radius 1 is 1.42 bits per heavy atom. The first-order chi connectivity index (χ1) is 8.97. The van der Waals surface area contributed by atoms with Gasteiger partial charge in [-0.3, -0.25) is 4.79 Å². The number of hydrogen-bond donors (Lipinski definition) is 2. The number of aliphatic hydroxyl groups is 1. The minimum absolute atomic E-state index is 0.00508. The molecule has 1 aliphatic rings. The number of β-amino-alcohol motifs (C(OH)–C–C–N with tert-alkyl or cyclic N) is 1. The van der Waals surface area contributed by atoms with E-state index in [-0.39, 0.29) is 19.4 Å². The Morgan fingerprint density at radius 2 is 2.16 bits per heavy atom. The number of halogens is 1. The molecule has 1 aromatic carbocycles. The highest BCUT2D eigenvalue weighted by atomic mass is 19.1. The van der Waals surface area contributed by atoms with Gasteiger partial charge in [0.1, 0.15) is 11.9 Å². The van der Waals surface area contributed by atoms with Gasteiger partial charge in [-0.25, -0.2) is 9.18 Å². The van der Waals surface area contributed by atoms with Gasteiger partial charge < -0.3 is 15.1 Å². The van der Waals surface area contributed by atoms with Crippen LogP contribution in [0.25, 0.3) is 0 Å². The summed E-state index contributed by atoms with van der Waals surface area (Å²) in [6.07, 6.45) is -0.865. The number of hydrogen-bond acceptors (Lipinski definition) is 3. The number of aliphatic carboxylic acids is 1. The fraction of sp³-hybridized carbons (Fsp3) is 0.385. The highest BCUT2D eigenvalue weighted by Crippen LogP contribution is 2.19. The van der Waals surface area contributed by atoms with Crippen LogP contribution in [0.4, 0.5) is 4.39 Å². The van der Waals surface area contributed by atoms with E-state index in [2.05, 4.69) is 0 Å². The SMILES string of the molecule is O=C(O)C1CC(O)CN1C(=O)Cc1cccc(F)c1. The van der Waals surface area contributed by atoms with Crippen molar-refractivity contribution in [3.8, 4) is 0 Å². The molecule has 2 atom stereocenters. The minimum atomic E-state index is -1.14. The topological polar surface area (TPSA) is 77.8 Å². The Hall–Kier alpha value is -1.95. The van der Waals surface area contributed by atoms with E-state index in [0.29, 0.717) is 5.56 Å². The first-order valence-electron chi connectivity index (χ1n) is 5.92. The molecule has 2 unspecified atom stereocenters. The van der Waals surface area contributed by atoms with Gasteiger partial charge in [-0.05, 0) is 17.7 Å². The van der Waals surface area contributed by atoms with Gasteiger partial charge >= 0.3 is 5.97 Å². The molecule has 1 fully saturated rings. The predicted octanol–water partition coefficient (Wildman–Crippen LogP) is 0.415. The summed E-state index contributed by atoms with van der Waals surface area (Å²) in [6.45, 7) is 0.00508. The highest BCUT2D eigenvalue weighted by Gasteiger charge is 2.38. The van der Waals surface area contributed by atoms with Crippen LogP contribution < -0.4 is 0 Å². The summed E-state index contributed by atoms with van der Waals surface area (Å²) in [5.74, 6) is -2.00. The average Bonchev–Trinajstić information content (AvgIpc) is 2.71. The zero-order valence-corrected chi connectivity index (χ0v) is 10.1. The quantitative estimate of drug-likeness (QED) is 0.831. The van der Waals surface area contributed by atoms with Crippen molar-refractivity contribution in [3.63, 3.8) is 0 Å². The normalized spacial score (nSPS) is 22.5. The van der Waals surface area contributed by atoms with Crippen LogP contribution in [-0.4, -0.2) is 45.7 Å². The molecule has 0 radical (unpaired) electrons. The zero-order valence-electron chi connectivity index (χ0n) is 10.1. The van der Waals surface area contributed by atoms with Crippen LogP contribution in [0, 0.1) is 5.82 Å². The van der Waals surface area contributed by atoms with E-state index in [9.17, 15) is 19.1 Å². The van der Waals surface area contributed by atoms with E-state index in [1.165, 1.54) is 18.2 Å². The van der Waals surface area contributed by atoms with Gasteiger partial charge in [0, 0.05) is 13.0 Å². The molecule has 1 heterocycles. The lowest BCUT2D eigenvalue weighted by Crippen LogP contribution is -2.41. The van der Waals surface area contributed by atoms with Gasteiger partial charge in [0.15, 0.2) is 0 Å². The molecule has 19 heavy (non-hydrogen) atoms. The first-order valence-corrected chi connectivity index (χ1v) is 5.92. The summed E-state index contributed by atoms with van der Waals surface area (Å²) in [6, 6.07) is 4.60. The molecule has 2 rings (SSSR count). The van der Waals surface area contributed by atoms with Crippen molar-refractivity contribution in [2.75, 3.05) is 6.54 Å². The van der Waals surface area contributed by atoms with E-state index < -0.39 is 29.8 Å². The number of rotatable bonds is 3. The number of nitrogens with zero attached hydrogens (tertiary/aromatic N) is 1. The van der Waals surface area contributed by atoms with Crippen molar-refractivity contribution < 1.29 is 24.2 Å². The second kappa shape index (κ2) is 5.36. The second-order valence-corrected chi connectivity index (χ2v) is 4.60. The molecule has 0 aliphatic carbocycles. The lowest BCUT2D eigenvalue weighted by atomic mass is 10.1. The maximum absolute atomic E-state index is 13.0. The van der Waals surface area contributed by atoms with Crippen LogP contribution in [0.5, 0.6) is 0 Å². The molecule has 1 aliphatic heterocycles. The van der Waals surface area contributed by atoms with Crippen LogP contribution in [-0.2, 0) is 16.0 Å². The minimum Gasteiger partial charge on any atom is -0.480 e. The number of aliphatic hydroxyl groups excluding tert-OH is 1. The number of carbonyl (C=O) groups excluding carboxylic acids is 1. The molecule has 5 nitrogen and oxygen atoms in total. The van der Waals surface area contributed by atoms with Gasteiger partial charge in [0.05, 0.1) is 12.5 Å². The Morgan fingerprint density at radius 3 is 2.79 bits per heavy atom. The number of carboxylic acid groups (broad SMARTS) is 1. The molecule has 0 saturated carbocycles. The standard InChI is InChI=1S/C13H14FNO4/c14-9-3-1-2-8(4-9)5-12(17)15-7-10(16)6-11(15)13(18)19/h1-4,10-11,16H,5-7H2,(H,18,19). The second-order valence-electron chi connectivity index (χ2n) is 4.60. The fourth-order valence-electron chi connectivity index (χ4n) is 2.25. The van der Waals surface area contributed by atoms with Crippen molar-refractivity contribution in [2.24, 2.45) is 0 Å². The fourth-order valence-corrected chi connectivity index (χ4v) is 2.25. The summed E-state index contributed by atoms with van der Waals surface area (Å²) in [4.78, 5) is 24.2. The van der Waals surface area contributed by atoms with Crippen LogP contribution in [0.15, 0.2) is 24.3 Å². The summed E-state index contributed by atoms with van der Waals surface area (Å²) in [7, 11) is 0. The number of likely N-dealkylation sites (tertiary alicyclic amines) is 1. The van der Waals surface area contributed by atoms with Crippen LogP contribution in [0.3, 0.4) is 0 Å². The van der Waals surface area contributed by atoms with E-state index >= 15 is 0 Å². The largest absolute Gasteiger partial charge is 0.480 e. The summed E-state index contributed by atoms with van der Waals surface area (Å²) < 4.78 is 13.0. The molecule has 2 N–H and O–H groups in total. The maximum atomic E-state index is 13.0. The van der Waals surface area contributed by atoms with E-state index in [0.717, 1.165) is 4.90 Å². The average molecular weight is 267 g/mol. The van der Waals surface area contributed by atoms with Crippen molar-refractivity contribution >= 4 is 11.9 Å². The third-order valence-electron chi connectivity index (χ3n) is 3.13. The molecule has 0 bridgehead atoms. The van der Waals surface area contributed by atoms with Crippen LogP contribution in [0.2, 0.25) is 0 Å². The highest BCUT2D eigenvalue weighted by molar-refractivity contribution is 5.85. The van der Waals surface area contributed by atoms with E-state index in [1.807, 2.05) is 0 Å². The Balaban J connectivity index is 2.09. The predicted molar refractivity (Wildman–Crippen MR) is 63.9 cm³/mol. The number of carbonyl (C=O) groups is 2. The van der Waals surface area contributed by atoms with Crippen molar-refractivity contribution in [1.29, 1.82) is 0 Å². The summed E-state index contributed by atoms with van der Waals surface area (Å²) >= 11 is 0. The third-order valence-corrected chi connectivity index (χ3v) is 3.13. The van der Waals surface area contributed by atoms with Gasteiger partial charge in [-0.2, -0.15) is 0 Å². The number of carboxylic acids is 1. The molecule has 6 heteroatoms. The number of benzene rings is 1. The van der Waals surface area contributed by atoms with E-state index in [4.69, 9.17) is 5.11 Å². The molecule has 1 amide bonds. The van der Waals surface area contributed by atoms with Gasteiger partial charge in [-0.1, -0.05) is 12.1 Å². The number of amides is 1. The van der Waals surface area contributed by atoms with E-state index in [1.54, 1.807) is 6.07 Å². The third kappa shape index (κ3) is 3.08. The Kier molecular flexibility index (Phi) is 3.80. The summed E-state index contributed by atoms with van der Waals surface area (Å²) in [5, 5.41) is 18.5. The van der Waals surface area contributed by atoms with Gasteiger partial charge in [0.25, 0.3) is 0 Å². The zero-order chi connectivity index (χ0) is 14.0. The van der Waals surface area contributed by atoms with Crippen molar-refractivity contribution in [2.45, 2.75) is 25.0 Å². The Labute approximate surface area is 109 Å². The Bertz CT molecular complexity index is 505. The molecular weight excluding hydrogens is 253 g/mol. The first kappa shape index (κ1) is 13.5. The summed E-state index contributed by atoms with van der Waals surface area (Å²) in [5.41, 5.74) is 0.482. The lowest BCUT2D eigenvalue weighted by molar-refractivity contribution is -0.148. The molecule has 1 saturated heterocycles. The van der Waals surface area contributed by atoms with Gasteiger partial charge in [0.2, 0.25) is 5.91 Å².